The van der Waals surface area contributed by atoms with E-state index in [0.29, 0.717) is 23.9 Å². The quantitative estimate of drug-likeness (QED) is 0.493. The van der Waals surface area contributed by atoms with Gasteiger partial charge in [-0.3, -0.25) is 4.79 Å². The maximum Gasteiger partial charge on any atom is 0.272 e. The lowest BCUT2D eigenvalue weighted by Gasteiger charge is -2.24. The first-order valence-electron chi connectivity index (χ1n) is 9.50. The summed E-state index contributed by atoms with van der Waals surface area (Å²) in [5, 5.41) is 15.9. The van der Waals surface area contributed by atoms with Crippen molar-refractivity contribution in [3.63, 3.8) is 0 Å². The van der Waals surface area contributed by atoms with Gasteiger partial charge < -0.3 is 5.32 Å². The Hall–Kier alpha value is -3.39. The molecule has 7 nitrogen and oxygen atoms in total. The van der Waals surface area contributed by atoms with Gasteiger partial charge in [0.1, 0.15) is 5.82 Å². The van der Waals surface area contributed by atoms with E-state index >= 15 is 0 Å². The molecule has 8 heteroatoms. The van der Waals surface area contributed by atoms with Crippen molar-refractivity contribution in [2.24, 2.45) is 0 Å². The standard InChI is InChI=1S/C22H17BrN6O/c1-13-20-17(15-8-5-9-16(23)10-15)11-19(30)26-21(20)29(28-13)22-25-18(12-24-27-22)14-6-3-2-4-7-14/h2-10,12,17H,11H2,1H3,(H,26,30)/t17-/m0/s1. The predicted octanol–water partition coefficient (Wildman–Crippen LogP) is 4.27. The Morgan fingerprint density at radius 1 is 1.13 bits per heavy atom. The Balaban J connectivity index is 1.63. The summed E-state index contributed by atoms with van der Waals surface area (Å²) in [5.41, 5.74) is 4.47. The molecule has 1 aliphatic rings. The van der Waals surface area contributed by atoms with E-state index in [1.807, 2.05) is 61.5 Å². The molecule has 1 atom stereocenters. The van der Waals surface area contributed by atoms with Gasteiger partial charge in [0.2, 0.25) is 5.91 Å². The number of nitrogens with one attached hydrogen (secondary N) is 1. The summed E-state index contributed by atoms with van der Waals surface area (Å²) in [6, 6.07) is 17.8. The topological polar surface area (TPSA) is 85.6 Å². The van der Waals surface area contributed by atoms with Gasteiger partial charge >= 0.3 is 0 Å². The van der Waals surface area contributed by atoms with Crippen LogP contribution in [0.1, 0.15) is 29.2 Å². The number of fused-ring (bicyclic) bond motifs is 1. The minimum Gasteiger partial charge on any atom is -0.310 e. The number of aryl methyl sites for hydroxylation is 1. The minimum absolute atomic E-state index is 0.0687. The highest BCUT2D eigenvalue weighted by atomic mass is 79.9. The Morgan fingerprint density at radius 3 is 2.77 bits per heavy atom. The van der Waals surface area contributed by atoms with Crippen molar-refractivity contribution in [3.05, 3.63) is 82.1 Å². The number of halogens is 1. The lowest BCUT2D eigenvalue weighted by atomic mass is 9.86. The van der Waals surface area contributed by atoms with Crippen molar-refractivity contribution >= 4 is 27.7 Å². The SMILES string of the molecule is Cc1nn(-c2nncc(-c3ccccc3)n2)c2c1[C@H](c1cccc(Br)c1)CC(=O)N2. The van der Waals surface area contributed by atoms with E-state index < -0.39 is 0 Å². The number of amides is 1. The molecule has 2 aromatic carbocycles. The van der Waals surface area contributed by atoms with E-state index in [9.17, 15) is 4.79 Å². The summed E-state index contributed by atoms with van der Waals surface area (Å²) in [4.78, 5) is 17.2. The van der Waals surface area contributed by atoms with Gasteiger partial charge in [0.15, 0.2) is 0 Å². The zero-order valence-electron chi connectivity index (χ0n) is 16.1. The van der Waals surface area contributed by atoms with Crippen molar-refractivity contribution in [2.75, 3.05) is 5.32 Å². The van der Waals surface area contributed by atoms with Gasteiger partial charge in [-0.15, -0.1) is 5.10 Å². The third-order valence-electron chi connectivity index (χ3n) is 5.16. The number of aromatic nitrogens is 5. The summed E-state index contributed by atoms with van der Waals surface area (Å²) in [5.74, 6) is 0.752. The predicted molar refractivity (Wildman–Crippen MR) is 116 cm³/mol. The molecule has 0 aliphatic carbocycles. The minimum atomic E-state index is -0.0923. The van der Waals surface area contributed by atoms with E-state index in [2.05, 4.69) is 41.5 Å². The Bertz CT molecular complexity index is 1250. The molecule has 0 fully saturated rings. The number of carbonyl (C=O) groups excluding carboxylic acids is 1. The van der Waals surface area contributed by atoms with E-state index in [1.165, 1.54) is 0 Å². The van der Waals surface area contributed by atoms with Crippen LogP contribution in [0.4, 0.5) is 5.82 Å². The average molecular weight is 461 g/mol. The van der Waals surface area contributed by atoms with Crippen LogP contribution in [0.15, 0.2) is 65.3 Å². The first-order chi connectivity index (χ1) is 14.6. The molecule has 0 saturated carbocycles. The third-order valence-corrected chi connectivity index (χ3v) is 5.65. The molecule has 1 N–H and O–H groups in total. The van der Waals surface area contributed by atoms with Crippen LogP contribution in [0.25, 0.3) is 17.2 Å². The highest BCUT2D eigenvalue weighted by Gasteiger charge is 2.33. The molecule has 0 saturated heterocycles. The van der Waals surface area contributed by atoms with Crippen molar-refractivity contribution < 1.29 is 4.79 Å². The number of rotatable bonds is 3. The lowest BCUT2D eigenvalue weighted by Crippen LogP contribution is -2.25. The first-order valence-corrected chi connectivity index (χ1v) is 10.3. The highest BCUT2D eigenvalue weighted by molar-refractivity contribution is 9.10. The summed E-state index contributed by atoms with van der Waals surface area (Å²) < 4.78 is 2.55. The zero-order valence-corrected chi connectivity index (χ0v) is 17.7. The number of benzene rings is 2. The van der Waals surface area contributed by atoms with Crippen LogP contribution in [-0.4, -0.2) is 30.9 Å². The van der Waals surface area contributed by atoms with Crippen molar-refractivity contribution in [3.8, 4) is 17.2 Å². The van der Waals surface area contributed by atoms with Crippen LogP contribution in [0, 0.1) is 6.92 Å². The van der Waals surface area contributed by atoms with Crippen LogP contribution < -0.4 is 5.32 Å². The zero-order chi connectivity index (χ0) is 20.7. The molecule has 148 valence electrons. The number of anilines is 1. The average Bonchev–Trinajstić information content (AvgIpc) is 3.10. The van der Waals surface area contributed by atoms with Crippen molar-refractivity contribution in [1.82, 2.24) is 25.0 Å². The molecule has 0 spiro atoms. The van der Waals surface area contributed by atoms with E-state index in [1.54, 1.807) is 10.9 Å². The van der Waals surface area contributed by atoms with Gasteiger partial charge in [0.25, 0.3) is 5.95 Å². The molecule has 0 bridgehead atoms. The van der Waals surface area contributed by atoms with Crippen LogP contribution in [0.3, 0.4) is 0 Å². The van der Waals surface area contributed by atoms with Gasteiger partial charge in [-0.05, 0) is 24.6 Å². The summed E-state index contributed by atoms with van der Waals surface area (Å²) in [6.45, 7) is 1.94. The largest absolute Gasteiger partial charge is 0.310 e. The molecule has 4 aromatic rings. The van der Waals surface area contributed by atoms with Gasteiger partial charge in [0.05, 0.1) is 17.6 Å². The second-order valence-corrected chi connectivity index (χ2v) is 8.04. The van der Waals surface area contributed by atoms with E-state index in [4.69, 9.17) is 0 Å². The first kappa shape index (κ1) is 18.6. The smallest absolute Gasteiger partial charge is 0.272 e. The van der Waals surface area contributed by atoms with Gasteiger partial charge in [-0.1, -0.05) is 58.4 Å². The van der Waals surface area contributed by atoms with Crippen LogP contribution in [-0.2, 0) is 4.79 Å². The molecule has 1 amide bonds. The molecular weight excluding hydrogens is 444 g/mol. The third kappa shape index (κ3) is 3.29. The molecule has 5 rings (SSSR count). The van der Waals surface area contributed by atoms with Gasteiger partial charge in [0, 0.05) is 27.9 Å². The molecule has 0 unspecified atom stereocenters. The van der Waals surface area contributed by atoms with Gasteiger partial charge in [-0.2, -0.15) is 14.9 Å². The number of hydrogen-bond acceptors (Lipinski definition) is 5. The normalized spacial score (nSPS) is 15.5. The number of hydrogen-bond donors (Lipinski definition) is 1. The molecule has 3 heterocycles. The summed E-state index contributed by atoms with van der Waals surface area (Å²) in [6.07, 6.45) is 1.98. The number of nitrogens with zero attached hydrogens (tertiary/aromatic N) is 5. The monoisotopic (exact) mass is 460 g/mol. The molecule has 0 radical (unpaired) electrons. The molecule has 1 aliphatic heterocycles. The second-order valence-electron chi connectivity index (χ2n) is 7.13. The van der Waals surface area contributed by atoms with Crippen molar-refractivity contribution in [2.45, 2.75) is 19.3 Å². The van der Waals surface area contributed by atoms with Gasteiger partial charge in [-0.25, -0.2) is 4.98 Å². The fourth-order valence-corrected chi connectivity index (χ4v) is 4.25. The summed E-state index contributed by atoms with van der Waals surface area (Å²) >= 11 is 3.52. The van der Waals surface area contributed by atoms with E-state index in [-0.39, 0.29) is 11.8 Å². The second kappa shape index (κ2) is 7.46. The molecule has 2 aromatic heterocycles. The van der Waals surface area contributed by atoms with Crippen LogP contribution >= 0.6 is 15.9 Å². The highest BCUT2D eigenvalue weighted by Crippen LogP contribution is 2.40. The maximum atomic E-state index is 12.6. The Kier molecular flexibility index (Phi) is 4.63. The van der Waals surface area contributed by atoms with Crippen molar-refractivity contribution in [1.29, 1.82) is 0 Å². The fraction of sp³-hybridized carbons (Fsp3) is 0.136. The summed E-state index contributed by atoms with van der Waals surface area (Å²) in [7, 11) is 0. The Morgan fingerprint density at radius 2 is 1.97 bits per heavy atom. The number of carbonyl (C=O) groups is 1. The maximum absolute atomic E-state index is 12.6. The van der Waals surface area contributed by atoms with Crippen LogP contribution in [0.5, 0.6) is 0 Å². The molecular formula is C22H17BrN6O. The molecule has 30 heavy (non-hydrogen) atoms. The fourth-order valence-electron chi connectivity index (χ4n) is 3.83. The van der Waals surface area contributed by atoms with Crippen LogP contribution in [0.2, 0.25) is 0 Å². The van der Waals surface area contributed by atoms with E-state index in [0.717, 1.165) is 26.9 Å². The lowest BCUT2D eigenvalue weighted by molar-refractivity contribution is -0.116. The Labute approximate surface area is 181 Å².